The topological polar surface area (TPSA) is 59.6 Å². The Kier molecular flexibility index (Phi) is 6.26. The highest BCUT2D eigenvalue weighted by Gasteiger charge is 2.33. The van der Waals surface area contributed by atoms with Gasteiger partial charge < -0.3 is 20.1 Å². The summed E-state index contributed by atoms with van der Waals surface area (Å²) in [4.78, 5) is 12.4. The number of amides is 1. The van der Waals surface area contributed by atoms with Gasteiger partial charge in [-0.3, -0.25) is 4.79 Å². The molecular formula is C21H26N2O3. The highest BCUT2D eigenvalue weighted by Crippen LogP contribution is 2.19. The average molecular weight is 354 g/mol. The van der Waals surface area contributed by atoms with Crippen LogP contribution in [0.4, 0.5) is 0 Å². The van der Waals surface area contributed by atoms with Crippen LogP contribution in [0.2, 0.25) is 0 Å². The zero-order valence-corrected chi connectivity index (χ0v) is 15.2. The van der Waals surface area contributed by atoms with Crippen LogP contribution in [0, 0.1) is 0 Å². The lowest BCUT2D eigenvalue weighted by Gasteiger charge is -2.29. The van der Waals surface area contributed by atoms with Gasteiger partial charge in [0.15, 0.2) is 0 Å². The first-order valence-electron chi connectivity index (χ1n) is 9.00. The van der Waals surface area contributed by atoms with E-state index in [9.17, 15) is 4.79 Å². The van der Waals surface area contributed by atoms with E-state index >= 15 is 0 Å². The van der Waals surface area contributed by atoms with Gasteiger partial charge in [0, 0.05) is 19.2 Å². The highest BCUT2D eigenvalue weighted by molar-refractivity contribution is 5.94. The second-order valence-corrected chi connectivity index (χ2v) is 6.73. The third-order valence-corrected chi connectivity index (χ3v) is 4.70. The predicted octanol–water partition coefficient (Wildman–Crippen LogP) is 2.76. The van der Waals surface area contributed by atoms with Crippen molar-refractivity contribution in [3.8, 4) is 5.75 Å². The van der Waals surface area contributed by atoms with Crippen LogP contribution in [-0.2, 0) is 11.3 Å². The van der Waals surface area contributed by atoms with Crippen LogP contribution in [0.5, 0.6) is 5.75 Å². The average Bonchev–Trinajstić information content (AvgIpc) is 3.15. The van der Waals surface area contributed by atoms with Crippen molar-refractivity contribution >= 4 is 5.91 Å². The van der Waals surface area contributed by atoms with Crippen molar-refractivity contribution in [2.75, 3.05) is 26.8 Å². The van der Waals surface area contributed by atoms with E-state index in [1.165, 1.54) is 0 Å². The molecule has 1 aliphatic heterocycles. The molecule has 0 aromatic heterocycles. The molecule has 2 aromatic carbocycles. The first-order valence-corrected chi connectivity index (χ1v) is 9.00. The summed E-state index contributed by atoms with van der Waals surface area (Å²) in [5, 5.41) is 6.48. The Morgan fingerprint density at radius 2 is 1.92 bits per heavy atom. The predicted molar refractivity (Wildman–Crippen MR) is 101 cm³/mol. The molecule has 0 radical (unpaired) electrons. The van der Waals surface area contributed by atoms with E-state index in [4.69, 9.17) is 9.47 Å². The molecule has 0 bridgehead atoms. The SMILES string of the molecule is COCC1(CNC(=O)c2ccc(OCc3ccccc3)cc2)CCCN1. The van der Waals surface area contributed by atoms with E-state index < -0.39 is 0 Å². The molecule has 5 heteroatoms. The molecule has 2 aromatic rings. The number of carbonyl (C=O) groups is 1. The number of nitrogens with one attached hydrogen (secondary N) is 2. The number of carbonyl (C=O) groups excluding carboxylic acids is 1. The molecule has 1 heterocycles. The Morgan fingerprint density at radius 3 is 2.58 bits per heavy atom. The van der Waals surface area contributed by atoms with Gasteiger partial charge in [-0.05, 0) is 49.2 Å². The fourth-order valence-corrected chi connectivity index (χ4v) is 3.27. The van der Waals surface area contributed by atoms with Crippen LogP contribution < -0.4 is 15.4 Å². The Hall–Kier alpha value is -2.37. The van der Waals surface area contributed by atoms with Gasteiger partial charge >= 0.3 is 0 Å². The molecule has 0 saturated carbocycles. The molecule has 1 fully saturated rings. The lowest BCUT2D eigenvalue weighted by Crippen LogP contribution is -2.52. The van der Waals surface area contributed by atoms with Gasteiger partial charge in [0.2, 0.25) is 0 Å². The molecule has 1 amide bonds. The maximum atomic E-state index is 12.4. The molecule has 1 aliphatic rings. The zero-order chi connectivity index (χ0) is 18.2. The largest absolute Gasteiger partial charge is 0.489 e. The summed E-state index contributed by atoms with van der Waals surface area (Å²) in [6.45, 7) is 2.63. The third-order valence-electron chi connectivity index (χ3n) is 4.70. The number of methoxy groups -OCH3 is 1. The molecule has 3 rings (SSSR count). The normalized spacial score (nSPS) is 19.3. The second-order valence-electron chi connectivity index (χ2n) is 6.73. The van der Waals surface area contributed by atoms with Crippen LogP contribution in [0.3, 0.4) is 0 Å². The Labute approximate surface area is 154 Å². The number of rotatable bonds is 8. The first-order chi connectivity index (χ1) is 12.7. The molecule has 1 atom stereocenters. The fourth-order valence-electron chi connectivity index (χ4n) is 3.27. The number of hydrogen-bond acceptors (Lipinski definition) is 4. The van der Waals surface area contributed by atoms with Gasteiger partial charge in [-0.1, -0.05) is 30.3 Å². The molecule has 2 N–H and O–H groups in total. The fraction of sp³-hybridized carbons (Fsp3) is 0.381. The second kappa shape index (κ2) is 8.83. The van der Waals surface area contributed by atoms with E-state index in [2.05, 4.69) is 10.6 Å². The maximum absolute atomic E-state index is 12.4. The summed E-state index contributed by atoms with van der Waals surface area (Å²) < 4.78 is 11.1. The van der Waals surface area contributed by atoms with Crippen molar-refractivity contribution in [1.29, 1.82) is 0 Å². The van der Waals surface area contributed by atoms with Crippen LogP contribution >= 0.6 is 0 Å². The molecule has 5 nitrogen and oxygen atoms in total. The van der Waals surface area contributed by atoms with Crippen molar-refractivity contribution in [2.24, 2.45) is 0 Å². The van der Waals surface area contributed by atoms with Gasteiger partial charge in [0.05, 0.1) is 12.1 Å². The molecule has 1 unspecified atom stereocenters. The minimum absolute atomic E-state index is 0.0798. The lowest BCUT2D eigenvalue weighted by molar-refractivity contribution is 0.0892. The van der Waals surface area contributed by atoms with Crippen LogP contribution in [-0.4, -0.2) is 38.3 Å². The summed E-state index contributed by atoms with van der Waals surface area (Å²) >= 11 is 0. The number of hydrogen-bond donors (Lipinski definition) is 2. The van der Waals surface area contributed by atoms with E-state index in [0.29, 0.717) is 25.3 Å². The summed E-state index contributed by atoms with van der Waals surface area (Å²) in [5.74, 6) is 0.669. The number of benzene rings is 2. The van der Waals surface area contributed by atoms with Gasteiger partial charge in [0.1, 0.15) is 12.4 Å². The summed E-state index contributed by atoms with van der Waals surface area (Å²) in [7, 11) is 1.69. The van der Waals surface area contributed by atoms with Gasteiger partial charge in [0.25, 0.3) is 5.91 Å². The molecule has 26 heavy (non-hydrogen) atoms. The van der Waals surface area contributed by atoms with Crippen LogP contribution in [0.25, 0.3) is 0 Å². The monoisotopic (exact) mass is 354 g/mol. The molecule has 0 aliphatic carbocycles. The van der Waals surface area contributed by atoms with Crippen molar-refractivity contribution in [3.63, 3.8) is 0 Å². The summed E-state index contributed by atoms with van der Waals surface area (Å²) in [6, 6.07) is 17.2. The van der Waals surface area contributed by atoms with Crippen LogP contribution in [0.1, 0.15) is 28.8 Å². The minimum Gasteiger partial charge on any atom is -0.489 e. The lowest BCUT2D eigenvalue weighted by atomic mass is 9.98. The van der Waals surface area contributed by atoms with Gasteiger partial charge in [-0.25, -0.2) is 0 Å². The van der Waals surface area contributed by atoms with Crippen molar-refractivity contribution in [2.45, 2.75) is 25.0 Å². The quantitative estimate of drug-likeness (QED) is 0.765. The summed E-state index contributed by atoms with van der Waals surface area (Å²) in [5.41, 5.74) is 1.59. The first kappa shape index (κ1) is 18.4. The third kappa shape index (κ3) is 4.84. The Balaban J connectivity index is 1.52. The van der Waals surface area contributed by atoms with Crippen molar-refractivity contribution in [3.05, 3.63) is 65.7 Å². The van der Waals surface area contributed by atoms with E-state index in [0.717, 1.165) is 30.7 Å². The smallest absolute Gasteiger partial charge is 0.251 e. The van der Waals surface area contributed by atoms with E-state index in [1.54, 1.807) is 19.2 Å². The maximum Gasteiger partial charge on any atom is 0.251 e. The van der Waals surface area contributed by atoms with Crippen molar-refractivity contribution < 1.29 is 14.3 Å². The Bertz CT molecular complexity index is 695. The van der Waals surface area contributed by atoms with E-state index in [1.807, 2.05) is 42.5 Å². The summed E-state index contributed by atoms with van der Waals surface area (Å²) in [6.07, 6.45) is 2.11. The minimum atomic E-state index is -0.150. The number of ether oxygens (including phenoxy) is 2. The molecule has 0 spiro atoms. The Morgan fingerprint density at radius 1 is 1.15 bits per heavy atom. The highest BCUT2D eigenvalue weighted by atomic mass is 16.5. The molecular weight excluding hydrogens is 328 g/mol. The zero-order valence-electron chi connectivity index (χ0n) is 15.2. The van der Waals surface area contributed by atoms with Gasteiger partial charge in [-0.15, -0.1) is 0 Å². The molecule has 138 valence electrons. The molecule has 1 saturated heterocycles. The van der Waals surface area contributed by atoms with Crippen molar-refractivity contribution in [1.82, 2.24) is 10.6 Å². The van der Waals surface area contributed by atoms with Gasteiger partial charge in [-0.2, -0.15) is 0 Å². The van der Waals surface area contributed by atoms with Crippen LogP contribution in [0.15, 0.2) is 54.6 Å². The van der Waals surface area contributed by atoms with E-state index in [-0.39, 0.29) is 11.4 Å². The standard InChI is InChI=1S/C21H26N2O3/c1-25-16-21(12-5-13-23-21)15-22-20(24)18-8-10-19(11-9-18)26-14-17-6-3-2-4-7-17/h2-4,6-11,23H,5,12-16H2,1H3,(H,22,24).